The molecule has 2 aromatic rings. The van der Waals surface area contributed by atoms with Crippen LogP contribution in [-0.4, -0.2) is 27.8 Å². The first-order valence-electron chi connectivity index (χ1n) is 6.73. The average molecular weight is 258 g/mol. The average Bonchev–Trinajstić information content (AvgIpc) is 2.83. The standard InChI is InChI=1S/C15H22N4/c1-18-15(8-10-17-18)13-19(11-5-9-16)12-14-6-3-2-4-7-14/h2-4,6-8,10H,5,9,11-13,16H2,1H3. The fourth-order valence-electron chi connectivity index (χ4n) is 2.16. The van der Waals surface area contributed by atoms with Gasteiger partial charge in [0.15, 0.2) is 0 Å². The van der Waals surface area contributed by atoms with Crippen molar-refractivity contribution in [3.63, 3.8) is 0 Å². The summed E-state index contributed by atoms with van der Waals surface area (Å²) < 4.78 is 1.93. The Hall–Kier alpha value is -1.65. The SMILES string of the molecule is Cn1nccc1CN(CCCN)Cc1ccccc1. The predicted molar refractivity (Wildman–Crippen MR) is 77.4 cm³/mol. The number of rotatable bonds is 7. The summed E-state index contributed by atoms with van der Waals surface area (Å²) in [6, 6.07) is 12.6. The summed E-state index contributed by atoms with van der Waals surface area (Å²) in [6.45, 7) is 3.60. The van der Waals surface area contributed by atoms with Crippen molar-refractivity contribution < 1.29 is 0 Å². The van der Waals surface area contributed by atoms with Crippen LogP contribution in [-0.2, 0) is 20.1 Å². The fourth-order valence-corrected chi connectivity index (χ4v) is 2.16. The number of hydrogen-bond donors (Lipinski definition) is 1. The van der Waals surface area contributed by atoms with E-state index in [1.54, 1.807) is 0 Å². The number of aryl methyl sites for hydroxylation is 1. The molecule has 0 radical (unpaired) electrons. The molecule has 0 atom stereocenters. The van der Waals surface area contributed by atoms with E-state index in [4.69, 9.17) is 5.73 Å². The minimum absolute atomic E-state index is 0.733. The van der Waals surface area contributed by atoms with Crippen molar-refractivity contribution in [2.75, 3.05) is 13.1 Å². The molecule has 0 amide bonds. The number of aromatic nitrogens is 2. The first kappa shape index (κ1) is 13.8. The highest BCUT2D eigenvalue weighted by Crippen LogP contribution is 2.09. The van der Waals surface area contributed by atoms with Gasteiger partial charge in [0.2, 0.25) is 0 Å². The molecule has 19 heavy (non-hydrogen) atoms. The summed E-state index contributed by atoms with van der Waals surface area (Å²) in [5, 5.41) is 4.22. The summed E-state index contributed by atoms with van der Waals surface area (Å²) >= 11 is 0. The van der Waals surface area contributed by atoms with Crippen LogP contribution < -0.4 is 5.73 Å². The molecule has 1 aromatic heterocycles. The lowest BCUT2D eigenvalue weighted by molar-refractivity contribution is 0.248. The largest absolute Gasteiger partial charge is 0.330 e. The van der Waals surface area contributed by atoms with E-state index in [-0.39, 0.29) is 0 Å². The van der Waals surface area contributed by atoms with E-state index in [1.807, 2.05) is 17.9 Å². The molecule has 0 aliphatic heterocycles. The zero-order valence-corrected chi connectivity index (χ0v) is 11.5. The maximum atomic E-state index is 5.63. The Balaban J connectivity index is 2.01. The highest BCUT2D eigenvalue weighted by molar-refractivity contribution is 5.14. The summed E-state index contributed by atoms with van der Waals surface area (Å²) in [4.78, 5) is 2.42. The maximum Gasteiger partial charge on any atom is 0.0521 e. The lowest BCUT2D eigenvalue weighted by Gasteiger charge is -2.22. The van der Waals surface area contributed by atoms with Gasteiger partial charge in [-0.15, -0.1) is 0 Å². The molecule has 1 aromatic carbocycles. The summed E-state index contributed by atoms with van der Waals surface area (Å²) in [5.74, 6) is 0. The van der Waals surface area contributed by atoms with Gasteiger partial charge in [0.25, 0.3) is 0 Å². The van der Waals surface area contributed by atoms with Crippen molar-refractivity contribution in [2.24, 2.45) is 12.8 Å². The molecule has 0 aliphatic rings. The second-order valence-corrected chi connectivity index (χ2v) is 4.78. The van der Waals surface area contributed by atoms with E-state index in [0.29, 0.717) is 0 Å². The van der Waals surface area contributed by atoms with Crippen molar-refractivity contribution in [3.05, 3.63) is 53.9 Å². The van der Waals surface area contributed by atoms with E-state index in [2.05, 4.69) is 46.4 Å². The summed E-state index contributed by atoms with van der Waals surface area (Å²) in [5.41, 5.74) is 8.19. The van der Waals surface area contributed by atoms with Crippen LogP contribution in [0.4, 0.5) is 0 Å². The van der Waals surface area contributed by atoms with Gasteiger partial charge in [-0.05, 0) is 24.6 Å². The summed E-state index contributed by atoms with van der Waals surface area (Å²) in [6.07, 6.45) is 2.86. The van der Waals surface area contributed by atoms with Crippen LogP contribution in [0.1, 0.15) is 17.7 Å². The second kappa shape index (κ2) is 7.07. The molecule has 4 heteroatoms. The number of nitrogens with two attached hydrogens (primary N) is 1. The van der Waals surface area contributed by atoms with Crippen molar-refractivity contribution in [3.8, 4) is 0 Å². The van der Waals surface area contributed by atoms with Crippen LogP contribution in [0.5, 0.6) is 0 Å². The predicted octanol–water partition coefficient (Wildman–Crippen LogP) is 1.77. The molecule has 0 saturated carbocycles. The van der Waals surface area contributed by atoms with E-state index in [9.17, 15) is 0 Å². The highest BCUT2D eigenvalue weighted by Gasteiger charge is 2.08. The number of benzene rings is 1. The summed E-state index contributed by atoms with van der Waals surface area (Å²) in [7, 11) is 1.99. The van der Waals surface area contributed by atoms with Gasteiger partial charge in [-0.2, -0.15) is 5.10 Å². The lowest BCUT2D eigenvalue weighted by Crippen LogP contribution is -2.26. The maximum absolute atomic E-state index is 5.63. The van der Waals surface area contributed by atoms with Gasteiger partial charge in [-0.25, -0.2) is 0 Å². The van der Waals surface area contributed by atoms with Gasteiger partial charge in [-0.1, -0.05) is 30.3 Å². The van der Waals surface area contributed by atoms with E-state index >= 15 is 0 Å². The molecule has 2 rings (SSSR count). The molecule has 0 spiro atoms. The highest BCUT2D eigenvalue weighted by atomic mass is 15.3. The molecule has 0 bridgehead atoms. The van der Waals surface area contributed by atoms with Crippen LogP contribution >= 0.6 is 0 Å². The van der Waals surface area contributed by atoms with E-state index < -0.39 is 0 Å². The smallest absolute Gasteiger partial charge is 0.0521 e. The van der Waals surface area contributed by atoms with Crippen LogP contribution in [0.25, 0.3) is 0 Å². The van der Waals surface area contributed by atoms with E-state index in [0.717, 1.165) is 32.6 Å². The van der Waals surface area contributed by atoms with Crippen LogP contribution in [0.2, 0.25) is 0 Å². The molecule has 0 saturated heterocycles. The zero-order valence-electron chi connectivity index (χ0n) is 11.5. The first-order chi connectivity index (χ1) is 9.29. The lowest BCUT2D eigenvalue weighted by atomic mass is 10.2. The molecule has 102 valence electrons. The van der Waals surface area contributed by atoms with Gasteiger partial charge >= 0.3 is 0 Å². The van der Waals surface area contributed by atoms with Gasteiger partial charge in [0.05, 0.1) is 5.69 Å². The Labute approximate surface area is 114 Å². The van der Waals surface area contributed by atoms with Crippen LogP contribution in [0, 0.1) is 0 Å². The monoisotopic (exact) mass is 258 g/mol. The normalized spacial score (nSPS) is 11.1. The minimum Gasteiger partial charge on any atom is -0.330 e. The molecular weight excluding hydrogens is 236 g/mol. The Bertz CT molecular complexity index is 478. The third-order valence-electron chi connectivity index (χ3n) is 3.24. The minimum atomic E-state index is 0.733. The number of hydrogen-bond acceptors (Lipinski definition) is 3. The Morgan fingerprint density at radius 3 is 2.58 bits per heavy atom. The van der Waals surface area contributed by atoms with Crippen molar-refractivity contribution >= 4 is 0 Å². The molecule has 0 fully saturated rings. The topological polar surface area (TPSA) is 47.1 Å². The Morgan fingerprint density at radius 1 is 1.16 bits per heavy atom. The molecule has 0 unspecified atom stereocenters. The molecule has 4 nitrogen and oxygen atoms in total. The second-order valence-electron chi connectivity index (χ2n) is 4.78. The quantitative estimate of drug-likeness (QED) is 0.823. The number of nitrogens with zero attached hydrogens (tertiary/aromatic N) is 3. The molecule has 0 aliphatic carbocycles. The molecule has 1 heterocycles. The first-order valence-corrected chi connectivity index (χ1v) is 6.73. The zero-order chi connectivity index (χ0) is 13.5. The van der Waals surface area contributed by atoms with Gasteiger partial charge in [0.1, 0.15) is 0 Å². The van der Waals surface area contributed by atoms with Crippen LogP contribution in [0.3, 0.4) is 0 Å². The third-order valence-corrected chi connectivity index (χ3v) is 3.24. The van der Waals surface area contributed by atoms with Crippen LogP contribution in [0.15, 0.2) is 42.6 Å². The fraction of sp³-hybridized carbons (Fsp3) is 0.400. The molecular formula is C15H22N4. The van der Waals surface area contributed by atoms with Gasteiger partial charge < -0.3 is 5.73 Å². The Morgan fingerprint density at radius 2 is 1.95 bits per heavy atom. The van der Waals surface area contributed by atoms with Crippen molar-refractivity contribution in [2.45, 2.75) is 19.5 Å². The third kappa shape index (κ3) is 4.19. The van der Waals surface area contributed by atoms with Gasteiger partial charge in [-0.3, -0.25) is 9.58 Å². The van der Waals surface area contributed by atoms with Crippen molar-refractivity contribution in [1.29, 1.82) is 0 Å². The van der Waals surface area contributed by atoms with Gasteiger partial charge in [0, 0.05) is 32.9 Å². The van der Waals surface area contributed by atoms with E-state index in [1.165, 1.54) is 11.3 Å². The molecule has 2 N–H and O–H groups in total. The Kier molecular flexibility index (Phi) is 5.12. The van der Waals surface area contributed by atoms with Crippen molar-refractivity contribution in [1.82, 2.24) is 14.7 Å².